The quantitative estimate of drug-likeness (QED) is 0.632. The molecule has 3 atom stereocenters. The summed E-state index contributed by atoms with van der Waals surface area (Å²) < 4.78 is 1.99. The number of hydrogen-bond acceptors (Lipinski definition) is 5. The number of hydrogen-bond donors (Lipinski definition) is 3. The van der Waals surface area contributed by atoms with E-state index in [1.165, 1.54) is 0 Å². The first-order valence-corrected chi connectivity index (χ1v) is 7.93. The molecule has 1 saturated carbocycles. The molecule has 1 aliphatic heterocycles. The van der Waals surface area contributed by atoms with E-state index in [2.05, 4.69) is 33.2 Å². The first-order chi connectivity index (χ1) is 11.2. The number of nitrogens with zero attached hydrogens (tertiary/aromatic N) is 3. The largest absolute Gasteiger partial charge is 0.345 e. The molecule has 2 N–H and O–H groups in total. The number of fused-ring (bicyclic) bond motifs is 5. The summed E-state index contributed by atoms with van der Waals surface area (Å²) in [6.45, 7) is 0. The van der Waals surface area contributed by atoms with Gasteiger partial charge in [-0.05, 0) is 18.2 Å². The van der Waals surface area contributed by atoms with Gasteiger partial charge in [-0.15, -0.1) is 0 Å². The maximum absolute atomic E-state index is 12.2. The number of carbonyl (C=O) groups excluding carboxylic acids is 1. The molecule has 0 spiro atoms. The second-order valence-corrected chi connectivity index (χ2v) is 6.44. The first-order valence-electron chi connectivity index (χ1n) is 7.41. The van der Waals surface area contributed by atoms with Crippen LogP contribution in [0.1, 0.15) is 16.5 Å². The molecule has 0 saturated heterocycles. The highest BCUT2D eigenvalue weighted by Gasteiger charge is 2.55. The van der Waals surface area contributed by atoms with Gasteiger partial charge in [0.1, 0.15) is 11.3 Å². The van der Waals surface area contributed by atoms with Crippen molar-refractivity contribution in [3.05, 3.63) is 48.3 Å². The third-order valence-corrected chi connectivity index (χ3v) is 5.01. The molecule has 1 fully saturated rings. The van der Waals surface area contributed by atoms with Crippen molar-refractivity contribution in [1.29, 1.82) is 0 Å². The highest BCUT2D eigenvalue weighted by atomic mass is 32.1. The monoisotopic (exact) mass is 323 g/mol. The third-order valence-electron chi connectivity index (χ3n) is 4.38. The van der Waals surface area contributed by atoms with Crippen LogP contribution in [0.25, 0.3) is 11.0 Å². The van der Waals surface area contributed by atoms with Crippen LogP contribution in [0, 0.1) is 0 Å². The minimum Gasteiger partial charge on any atom is -0.345 e. The zero-order valence-corrected chi connectivity index (χ0v) is 12.9. The summed E-state index contributed by atoms with van der Waals surface area (Å²) in [4.78, 5) is 21.1. The summed E-state index contributed by atoms with van der Waals surface area (Å²) in [6.07, 6.45) is 1.75. The van der Waals surface area contributed by atoms with E-state index in [1.807, 2.05) is 41.0 Å². The molecule has 1 aromatic carbocycles. The van der Waals surface area contributed by atoms with Crippen LogP contribution in [-0.4, -0.2) is 31.7 Å². The second-order valence-electron chi connectivity index (χ2n) is 5.84. The number of anilines is 2. The lowest BCUT2D eigenvalue weighted by molar-refractivity contribution is 0.0929. The van der Waals surface area contributed by atoms with Crippen molar-refractivity contribution in [1.82, 2.24) is 19.9 Å². The van der Waals surface area contributed by atoms with Crippen LogP contribution in [-0.2, 0) is 0 Å². The summed E-state index contributed by atoms with van der Waals surface area (Å²) in [6, 6.07) is 11.9. The zero-order valence-electron chi connectivity index (χ0n) is 12.0. The van der Waals surface area contributed by atoms with Gasteiger partial charge in [0.05, 0.1) is 12.1 Å². The molecule has 23 heavy (non-hydrogen) atoms. The van der Waals surface area contributed by atoms with Gasteiger partial charge in [-0.2, -0.15) is 17.6 Å². The van der Waals surface area contributed by atoms with Crippen molar-refractivity contribution >= 4 is 41.2 Å². The van der Waals surface area contributed by atoms with E-state index in [4.69, 9.17) is 0 Å². The molecular formula is C16H13N5OS. The Morgan fingerprint density at radius 2 is 2.09 bits per heavy atom. The van der Waals surface area contributed by atoms with Gasteiger partial charge in [0.25, 0.3) is 5.91 Å². The van der Waals surface area contributed by atoms with Crippen LogP contribution in [0.2, 0.25) is 0 Å². The molecular weight excluding hydrogens is 310 g/mol. The highest BCUT2D eigenvalue weighted by molar-refractivity contribution is 7.81. The Balaban J connectivity index is 1.62. The number of benzene rings is 1. The van der Waals surface area contributed by atoms with Gasteiger partial charge in [0.15, 0.2) is 0 Å². The number of para-hydroxylation sites is 1. The van der Waals surface area contributed by atoms with E-state index < -0.39 is 0 Å². The zero-order chi connectivity index (χ0) is 15.6. The van der Waals surface area contributed by atoms with Crippen molar-refractivity contribution < 1.29 is 4.79 Å². The Hall–Kier alpha value is -2.54. The SMILES string of the molecule is O=C1NC2C([C@H]2S)n2c1cc1cnc(Nc3ccccc3)nc12. The number of carbonyl (C=O) groups is 1. The molecule has 2 aliphatic rings. The Kier molecular flexibility index (Phi) is 2.52. The lowest BCUT2D eigenvalue weighted by Gasteiger charge is -2.15. The Morgan fingerprint density at radius 3 is 2.91 bits per heavy atom. The number of rotatable bonds is 2. The molecule has 0 radical (unpaired) electrons. The Morgan fingerprint density at radius 1 is 1.26 bits per heavy atom. The molecule has 6 nitrogen and oxygen atoms in total. The van der Waals surface area contributed by atoms with E-state index in [-0.39, 0.29) is 23.2 Å². The predicted molar refractivity (Wildman–Crippen MR) is 90.3 cm³/mol. The molecule has 0 bridgehead atoms. The number of nitrogens with one attached hydrogen (secondary N) is 2. The fraction of sp³-hybridized carbons (Fsp3) is 0.188. The van der Waals surface area contributed by atoms with Crippen molar-refractivity contribution in [3.8, 4) is 0 Å². The van der Waals surface area contributed by atoms with Crippen LogP contribution in [0.4, 0.5) is 11.6 Å². The van der Waals surface area contributed by atoms with E-state index in [9.17, 15) is 4.79 Å². The molecule has 5 rings (SSSR count). The van der Waals surface area contributed by atoms with Crippen molar-refractivity contribution in [3.63, 3.8) is 0 Å². The summed E-state index contributed by atoms with van der Waals surface area (Å²) >= 11 is 4.54. The van der Waals surface area contributed by atoms with Crippen molar-refractivity contribution in [2.45, 2.75) is 17.3 Å². The van der Waals surface area contributed by atoms with Gasteiger partial charge in [-0.25, -0.2) is 4.98 Å². The van der Waals surface area contributed by atoms with Crippen molar-refractivity contribution in [2.75, 3.05) is 5.32 Å². The summed E-state index contributed by atoms with van der Waals surface area (Å²) in [5.74, 6) is 0.446. The molecule has 114 valence electrons. The average Bonchev–Trinajstić information content (AvgIpc) is 3.04. The third kappa shape index (κ3) is 1.86. The predicted octanol–water partition coefficient (Wildman–Crippen LogP) is 2.14. The number of aromatic nitrogens is 3. The van der Waals surface area contributed by atoms with Gasteiger partial charge in [-0.1, -0.05) is 18.2 Å². The number of thiol groups is 1. The summed E-state index contributed by atoms with van der Waals surface area (Å²) in [5, 5.41) is 7.16. The Bertz CT molecular complexity index is 938. The van der Waals surface area contributed by atoms with Crippen LogP contribution in [0.3, 0.4) is 0 Å². The smallest absolute Gasteiger partial charge is 0.268 e. The van der Waals surface area contributed by atoms with Crippen LogP contribution in [0.15, 0.2) is 42.6 Å². The van der Waals surface area contributed by atoms with E-state index in [1.54, 1.807) is 6.20 Å². The molecule has 1 amide bonds. The van der Waals surface area contributed by atoms with Gasteiger partial charge in [0, 0.05) is 22.5 Å². The van der Waals surface area contributed by atoms with Crippen LogP contribution >= 0.6 is 12.6 Å². The van der Waals surface area contributed by atoms with E-state index >= 15 is 0 Å². The molecule has 2 unspecified atom stereocenters. The summed E-state index contributed by atoms with van der Waals surface area (Å²) in [7, 11) is 0. The summed E-state index contributed by atoms with van der Waals surface area (Å²) in [5.41, 5.74) is 2.32. The first kappa shape index (κ1) is 13.0. The topological polar surface area (TPSA) is 71.8 Å². The molecule has 7 heteroatoms. The van der Waals surface area contributed by atoms with E-state index in [0.717, 1.165) is 16.7 Å². The van der Waals surface area contributed by atoms with Gasteiger partial charge in [0.2, 0.25) is 5.95 Å². The maximum Gasteiger partial charge on any atom is 0.268 e. The normalized spacial score (nSPS) is 24.7. The minimum absolute atomic E-state index is 0.0710. The molecule has 3 heterocycles. The van der Waals surface area contributed by atoms with Gasteiger partial charge < -0.3 is 15.2 Å². The standard InChI is InChI=1S/C16H13N5OS/c22-15-10-6-8-7-17-16(18-9-4-2-1-3-5-9)20-14(8)21(10)12-11(19-15)13(12)23/h1-7,11-13,23H,(H,19,22)(H,17,18,20)/t11?,12?,13-/m0/s1. The Labute approximate surface area is 137 Å². The fourth-order valence-corrected chi connectivity index (χ4v) is 3.65. The fourth-order valence-electron chi connectivity index (χ4n) is 3.18. The number of amides is 1. The van der Waals surface area contributed by atoms with E-state index in [0.29, 0.717) is 11.6 Å². The molecule has 2 aromatic heterocycles. The lowest BCUT2D eigenvalue weighted by atomic mass is 10.3. The lowest BCUT2D eigenvalue weighted by Crippen LogP contribution is -2.34. The minimum atomic E-state index is -0.0710. The van der Waals surface area contributed by atoms with Crippen molar-refractivity contribution in [2.24, 2.45) is 0 Å². The maximum atomic E-state index is 12.2. The second kappa shape index (κ2) is 4.48. The average molecular weight is 323 g/mol. The highest BCUT2D eigenvalue weighted by Crippen LogP contribution is 2.46. The van der Waals surface area contributed by atoms with Gasteiger partial charge >= 0.3 is 0 Å². The van der Waals surface area contributed by atoms with Gasteiger partial charge in [-0.3, -0.25) is 4.79 Å². The molecule has 1 aliphatic carbocycles. The van der Waals surface area contributed by atoms with Crippen LogP contribution in [0.5, 0.6) is 0 Å². The molecule has 3 aromatic rings. The van der Waals surface area contributed by atoms with Crippen LogP contribution < -0.4 is 10.6 Å².